The van der Waals surface area contributed by atoms with Gasteiger partial charge in [-0.1, -0.05) is 30.4 Å². The number of hydrogen-bond acceptors (Lipinski definition) is 0. The zero-order chi connectivity index (χ0) is 10.8. The number of nitrogens with one attached hydrogen (secondary N) is 1. The Kier molecular flexibility index (Phi) is 2.46. The second kappa shape index (κ2) is 3.77. The molecular formula is C14H15N. The summed E-state index contributed by atoms with van der Waals surface area (Å²) in [4.78, 5) is 3.39. The molecule has 0 saturated carbocycles. The second-order valence-electron chi connectivity index (χ2n) is 3.71. The highest BCUT2D eigenvalue weighted by Crippen LogP contribution is 2.25. The summed E-state index contributed by atoms with van der Waals surface area (Å²) >= 11 is 0. The molecule has 2 aromatic rings. The van der Waals surface area contributed by atoms with Gasteiger partial charge in [-0.2, -0.15) is 0 Å². The number of aromatic nitrogens is 1. The lowest BCUT2D eigenvalue weighted by atomic mass is 10.1. The van der Waals surface area contributed by atoms with Crippen LogP contribution in [0.3, 0.4) is 0 Å². The molecule has 1 aromatic carbocycles. The Morgan fingerprint density at radius 2 is 2.13 bits per heavy atom. The van der Waals surface area contributed by atoms with Gasteiger partial charge in [-0.25, -0.2) is 0 Å². The first-order valence-electron chi connectivity index (χ1n) is 5.13. The Bertz CT molecular complexity index is 530. The molecule has 0 fully saturated rings. The van der Waals surface area contributed by atoms with Crippen molar-refractivity contribution < 1.29 is 0 Å². The van der Waals surface area contributed by atoms with Crippen LogP contribution in [0.25, 0.3) is 23.1 Å². The summed E-state index contributed by atoms with van der Waals surface area (Å²) in [6.07, 6.45) is 6.02. The number of aryl methyl sites for hydroxylation is 1. The maximum Gasteiger partial charge on any atom is 0.0465 e. The van der Waals surface area contributed by atoms with Gasteiger partial charge in [0, 0.05) is 22.2 Å². The van der Waals surface area contributed by atoms with Crippen molar-refractivity contribution in [2.75, 3.05) is 0 Å². The SMILES string of the molecule is C=Cc1c(/C=C\C)[nH]c2ccc(C)cc12. The monoisotopic (exact) mass is 197 g/mol. The highest BCUT2D eigenvalue weighted by molar-refractivity contribution is 5.93. The molecule has 1 N–H and O–H groups in total. The van der Waals surface area contributed by atoms with E-state index in [-0.39, 0.29) is 0 Å². The number of allylic oxidation sites excluding steroid dienone is 1. The van der Waals surface area contributed by atoms with Crippen LogP contribution in [0, 0.1) is 6.92 Å². The van der Waals surface area contributed by atoms with Gasteiger partial charge in [0.15, 0.2) is 0 Å². The van der Waals surface area contributed by atoms with Gasteiger partial charge < -0.3 is 4.98 Å². The second-order valence-corrected chi connectivity index (χ2v) is 3.71. The van der Waals surface area contributed by atoms with E-state index in [4.69, 9.17) is 0 Å². The van der Waals surface area contributed by atoms with Crippen molar-refractivity contribution in [3.05, 3.63) is 47.7 Å². The predicted octanol–water partition coefficient (Wildman–Crippen LogP) is 4.15. The standard InChI is InChI=1S/C14H15N/c1-4-6-13-11(5-2)12-9-10(3)7-8-14(12)15-13/h4-9,15H,2H2,1,3H3/b6-4-. The van der Waals surface area contributed by atoms with Gasteiger partial charge in [0.25, 0.3) is 0 Å². The van der Waals surface area contributed by atoms with Gasteiger partial charge in [-0.05, 0) is 32.1 Å². The molecular weight excluding hydrogens is 182 g/mol. The first kappa shape index (κ1) is 9.78. The summed E-state index contributed by atoms with van der Waals surface area (Å²) in [6, 6.07) is 6.42. The van der Waals surface area contributed by atoms with Gasteiger partial charge in [0.1, 0.15) is 0 Å². The summed E-state index contributed by atoms with van der Waals surface area (Å²) in [7, 11) is 0. The summed E-state index contributed by atoms with van der Waals surface area (Å²) in [5.74, 6) is 0. The molecule has 1 heteroatoms. The Morgan fingerprint density at radius 3 is 2.80 bits per heavy atom. The smallest absolute Gasteiger partial charge is 0.0465 e. The zero-order valence-corrected chi connectivity index (χ0v) is 9.17. The van der Waals surface area contributed by atoms with Crippen molar-refractivity contribution in [1.82, 2.24) is 4.98 Å². The molecule has 0 amide bonds. The van der Waals surface area contributed by atoms with Gasteiger partial charge in [-0.15, -0.1) is 0 Å². The first-order chi connectivity index (χ1) is 7.26. The van der Waals surface area contributed by atoms with Crippen molar-refractivity contribution in [3.63, 3.8) is 0 Å². The topological polar surface area (TPSA) is 15.8 Å². The van der Waals surface area contributed by atoms with E-state index in [1.54, 1.807) is 0 Å². The molecule has 0 aliphatic heterocycles. The van der Waals surface area contributed by atoms with Crippen LogP contribution in [-0.4, -0.2) is 4.98 Å². The summed E-state index contributed by atoms with van der Waals surface area (Å²) in [5.41, 5.74) is 4.76. The number of aromatic amines is 1. The van der Waals surface area contributed by atoms with Gasteiger partial charge in [0.2, 0.25) is 0 Å². The molecule has 15 heavy (non-hydrogen) atoms. The Hall–Kier alpha value is -1.76. The molecule has 0 spiro atoms. The molecule has 0 unspecified atom stereocenters. The van der Waals surface area contributed by atoms with E-state index in [0.29, 0.717) is 0 Å². The summed E-state index contributed by atoms with van der Waals surface area (Å²) in [5, 5.41) is 1.25. The van der Waals surface area contributed by atoms with Crippen LogP contribution in [0.4, 0.5) is 0 Å². The maximum atomic E-state index is 3.87. The molecule has 1 heterocycles. The van der Waals surface area contributed by atoms with Crippen molar-refractivity contribution in [2.24, 2.45) is 0 Å². The molecule has 0 aliphatic rings. The maximum absolute atomic E-state index is 3.87. The lowest BCUT2D eigenvalue weighted by molar-refractivity contribution is 1.41. The Morgan fingerprint density at radius 1 is 1.33 bits per heavy atom. The van der Waals surface area contributed by atoms with Gasteiger partial charge in [0.05, 0.1) is 0 Å². The number of hydrogen-bond donors (Lipinski definition) is 1. The quantitative estimate of drug-likeness (QED) is 0.744. The highest BCUT2D eigenvalue weighted by Gasteiger charge is 2.05. The largest absolute Gasteiger partial charge is 0.355 e. The molecule has 2 rings (SSSR count). The fourth-order valence-corrected chi connectivity index (χ4v) is 1.87. The third kappa shape index (κ3) is 1.61. The van der Waals surface area contributed by atoms with Gasteiger partial charge in [-0.3, -0.25) is 0 Å². The Labute approximate surface area is 90.1 Å². The van der Waals surface area contributed by atoms with Gasteiger partial charge >= 0.3 is 0 Å². The van der Waals surface area contributed by atoms with Crippen LogP contribution in [0.1, 0.15) is 23.7 Å². The average Bonchev–Trinajstić information content (AvgIpc) is 2.55. The zero-order valence-electron chi connectivity index (χ0n) is 9.17. The molecule has 0 aliphatic carbocycles. The average molecular weight is 197 g/mol. The minimum atomic E-state index is 1.13. The summed E-state index contributed by atoms with van der Waals surface area (Å²) in [6.45, 7) is 8.00. The highest BCUT2D eigenvalue weighted by atomic mass is 14.7. The number of H-pyrrole nitrogens is 1. The lowest BCUT2D eigenvalue weighted by Gasteiger charge is -1.94. The third-order valence-electron chi connectivity index (χ3n) is 2.56. The molecule has 1 nitrogen and oxygen atoms in total. The minimum Gasteiger partial charge on any atom is -0.355 e. The van der Waals surface area contributed by atoms with E-state index in [1.807, 2.05) is 19.1 Å². The number of fused-ring (bicyclic) bond motifs is 1. The van der Waals surface area contributed by atoms with E-state index in [1.165, 1.54) is 22.0 Å². The normalized spacial score (nSPS) is 11.3. The van der Waals surface area contributed by atoms with Crippen LogP contribution in [0.15, 0.2) is 30.9 Å². The lowest BCUT2D eigenvalue weighted by Crippen LogP contribution is -1.74. The van der Waals surface area contributed by atoms with Crippen molar-refractivity contribution in [1.29, 1.82) is 0 Å². The van der Waals surface area contributed by atoms with Crippen LogP contribution in [0.2, 0.25) is 0 Å². The summed E-state index contributed by atoms with van der Waals surface area (Å²) < 4.78 is 0. The van der Waals surface area contributed by atoms with Crippen LogP contribution < -0.4 is 0 Å². The third-order valence-corrected chi connectivity index (χ3v) is 2.56. The van der Waals surface area contributed by atoms with E-state index < -0.39 is 0 Å². The van der Waals surface area contributed by atoms with E-state index >= 15 is 0 Å². The Balaban J connectivity index is 2.79. The van der Waals surface area contributed by atoms with E-state index in [2.05, 4.69) is 42.8 Å². The van der Waals surface area contributed by atoms with Crippen LogP contribution >= 0.6 is 0 Å². The fraction of sp³-hybridized carbons (Fsp3) is 0.143. The molecule has 0 bridgehead atoms. The van der Waals surface area contributed by atoms with Crippen LogP contribution in [0.5, 0.6) is 0 Å². The van der Waals surface area contributed by atoms with Crippen molar-refractivity contribution in [3.8, 4) is 0 Å². The van der Waals surface area contributed by atoms with Crippen molar-refractivity contribution in [2.45, 2.75) is 13.8 Å². The van der Waals surface area contributed by atoms with E-state index in [9.17, 15) is 0 Å². The molecule has 1 aromatic heterocycles. The molecule has 0 saturated heterocycles. The predicted molar refractivity (Wildman–Crippen MR) is 67.8 cm³/mol. The van der Waals surface area contributed by atoms with E-state index in [0.717, 1.165) is 5.69 Å². The number of rotatable bonds is 2. The molecule has 76 valence electrons. The minimum absolute atomic E-state index is 1.13. The van der Waals surface area contributed by atoms with Crippen molar-refractivity contribution >= 4 is 23.1 Å². The fourth-order valence-electron chi connectivity index (χ4n) is 1.87. The number of benzene rings is 1. The van der Waals surface area contributed by atoms with Crippen LogP contribution in [-0.2, 0) is 0 Å². The molecule has 0 radical (unpaired) electrons. The molecule has 0 atom stereocenters. The first-order valence-corrected chi connectivity index (χ1v) is 5.13.